The van der Waals surface area contributed by atoms with Crippen molar-refractivity contribution in [3.8, 4) is 5.69 Å². The number of nitrogens with one attached hydrogen (secondary N) is 1. The molecule has 0 radical (unpaired) electrons. The van der Waals surface area contributed by atoms with Crippen molar-refractivity contribution in [1.29, 1.82) is 0 Å². The van der Waals surface area contributed by atoms with E-state index in [1.54, 1.807) is 12.1 Å². The van der Waals surface area contributed by atoms with Crippen molar-refractivity contribution in [2.75, 3.05) is 5.32 Å². The molecular formula is C25H27FN4O. The van der Waals surface area contributed by atoms with Gasteiger partial charge in [0.2, 0.25) is 0 Å². The van der Waals surface area contributed by atoms with Crippen molar-refractivity contribution in [2.24, 2.45) is 5.41 Å². The highest BCUT2D eigenvalue weighted by molar-refractivity contribution is 6.00. The van der Waals surface area contributed by atoms with Gasteiger partial charge in [0.05, 0.1) is 11.4 Å². The maximum Gasteiger partial charge on any atom is 0.163 e. The van der Waals surface area contributed by atoms with Gasteiger partial charge >= 0.3 is 0 Å². The number of rotatable bonds is 2. The van der Waals surface area contributed by atoms with E-state index < -0.39 is 0 Å². The fourth-order valence-electron chi connectivity index (χ4n) is 5.20. The molecule has 6 heteroatoms. The molecule has 0 spiro atoms. The highest BCUT2D eigenvalue weighted by Gasteiger charge is 2.42. The largest absolute Gasteiger partial charge is 0.343 e. The summed E-state index contributed by atoms with van der Waals surface area (Å²) in [4.78, 5) is 13.4. The number of halogens is 1. The number of ketones is 1. The third-order valence-electron chi connectivity index (χ3n) is 6.43. The van der Waals surface area contributed by atoms with Crippen LogP contribution in [0, 0.1) is 32.0 Å². The van der Waals surface area contributed by atoms with E-state index in [0.717, 1.165) is 46.2 Å². The number of carbonyl (C=O) groups excluding carboxylic acids is 1. The number of fused-ring (bicyclic) bond motifs is 1. The van der Waals surface area contributed by atoms with Crippen LogP contribution >= 0.6 is 0 Å². The lowest BCUT2D eigenvalue weighted by molar-refractivity contribution is -0.118. The number of benzene rings is 1. The van der Waals surface area contributed by atoms with E-state index in [1.165, 1.54) is 6.07 Å². The summed E-state index contributed by atoms with van der Waals surface area (Å²) >= 11 is 0. The first kappa shape index (κ1) is 19.8. The molecule has 31 heavy (non-hydrogen) atoms. The molecule has 1 N–H and O–H groups in total. The minimum atomic E-state index is -0.324. The van der Waals surface area contributed by atoms with Crippen LogP contribution in [0.5, 0.6) is 0 Å². The van der Waals surface area contributed by atoms with E-state index >= 15 is 0 Å². The molecule has 2 aliphatic rings. The second-order valence-electron chi connectivity index (χ2n) is 9.59. The van der Waals surface area contributed by atoms with E-state index in [-0.39, 0.29) is 23.1 Å². The zero-order valence-corrected chi connectivity index (χ0v) is 18.6. The van der Waals surface area contributed by atoms with Crippen LogP contribution in [0.25, 0.3) is 5.69 Å². The molecule has 0 fully saturated rings. The van der Waals surface area contributed by atoms with Crippen LogP contribution in [0.1, 0.15) is 55.4 Å². The van der Waals surface area contributed by atoms with Gasteiger partial charge in [0.25, 0.3) is 0 Å². The third-order valence-corrected chi connectivity index (χ3v) is 6.43. The molecule has 1 aliphatic heterocycles. The van der Waals surface area contributed by atoms with Crippen LogP contribution in [0.4, 0.5) is 10.2 Å². The van der Waals surface area contributed by atoms with Crippen molar-refractivity contribution >= 4 is 11.6 Å². The maximum absolute atomic E-state index is 14.6. The Morgan fingerprint density at radius 2 is 1.87 bits per heavy atom. The van der Waals surface area contributed by atoms with E-state index in [4.69, 9.17) is 5.10 Å². The summed E-state index contributed by atoms with van der Waals surface area (Å²) in [5.41, 5.74) is 5.90. The monoisotopic (exact) mass is 418 g/mol. The molecule has 0 amide bonds. The van der Waals surface area contributed by atoms with Crippen LogP contribution < -0.4 is 5.32 Å². The number of Topliss-reactive ketones (excluding diaryl/α,β-unsaturated/α-hetero) is 1. The van der Waals surface area contributed by atoms with Gasteiger partial charge in [0.15, 0.2) is 5.78 Å². The lowest BCUT2D eigenvalue weighted by Crippen LogP contribution is -2.36. The summed E-state index contributed by atoms with van der Waals surface area (Å²) in [5.74, 6) is 0.771. The van der Waals surface area contributed by atoms with Gasteiger partial charge in [-0.15, -0.1) is 0 Å². The Balaban J connectivity index is 1.74. The van der Waals surface area contributed by atoms with Crippen LogP contribution in [0.15, 0.2) is 47.7 Å². The predicted molar refractivity (Wildman–Crippen MR) is 119 cm³/mol. The molecule has 1 aromatic carbocycles. The Morgan fingerprint density at radius 1 is 1.13 bits per heavy atom. The van der Waals surface area contributed by atoms with Crippen molar-refractivity contribution < 1.29 is 9.18 Å². The lowest BCUT2D eigenvalue weighted by atomic mass is 9.73. The zero-order chi connectivity index (χ0) is 22.1. The Morgan fingerprint density at radius 3 is 2.61 bits per heavy atom. The molecule has 0 saturated carbocycles. The third kappa shape index (κ3) is 3.04. The van der Waals surface area contributed by atoms with Crippen LogP contribution in [0.3, 0.4) is 0 Å². The van der Waals surface area contributed by atoms with Gasteiger partial charge in [-0.3, -0.25) is 4.79 Å². The normalized spacial score (nSPS) is 19.8. The molecule has 3 aromatic rings. The number of anilines is 1. The van der Waals surface area contributed by atoms with E-state index in [2.05, 4.69) is 25.2 Å². The fraction of sp³-hybridized carbons (Fsp3) is 0.360. The molecule has 2 aromatic heterocycles. The van der Waals surface area contributed by atoms with E-state index in [1.807, 2.05) is 42.2 Å². The van der Waals surface area contributed by atoms with Gasteiger partial charge in [0, 0.05) is 40.7 Å². The summed E-state index contributed by atoms with van der Waals surface area (Å²) in [7, 11) is 0. The average Bonchev–Trinajstić information content (AvgIpc) is 3.18. The van der Waals surface area contributed by atoms with E-state index in [0.29, 0.717) is 12.1 Å². The maximum atomic E-state index is 14.6. The first-order valence-electron chi connectivity index (χ1n) is 10.7. The summed E-state index contributed by atoms with van der Waals surface area (Å²) in [6.45, 7) is 10.2. The number of para-hydroxylation sites is 1. The molecule has 0 saturated heterocycles. The Bertz CT molecular complexity index is 1260. The Hall–Kier alpha value is -3.15. The molecule has 160 valence electrons. The number of allylic oxidation sites excluding steroid dienone is 2. The minimum Gasteiger partial charge on any atom is -0.343 e. The Kier molecular flexibility index (Phi) is 4.26. The number of aryl methyl sites for hydroxylation is 2. The highest BCUT2D eigenvalue weighted by atomic mass is 19.1. The SMILES string of the molecule is Cc1cc2n(n1)C(c1cc(C)n(-c3ccccc3F)c1C)C1=C(CC(C)(C)CC1=O)N2. The topological polar surface area (TPSA) is 51.9 Å². The second-order valence-corrected chi connectivity index (χ2v) is 9.59. The van der Waals surface area contributed by atoms with Crippen molar-refractivity contribution in [3.63, 3.8) is 0 Å². The van der Waals surface area contributed by atoms with Gasteiger partial charge in [-0.2, -0.15) is 5.10 Å². The van der Waals surface area contributed by atoms with E-state index in [9.17, 15) is 9.18 Å². The van der Waals surface area contributed by atoms with Gasteiger partial charge in [-0.1, -0.05) is 26.0 Å². The summed E-state index contributed by atoms with van der Waals surface area (Å²) in [6.07, 6.45) is 1.31. The molecule has 3 heterocycles. The van der Waals surface area contributed by atoms with Gasteiger partial charge in [-0.05, 0) is 50.8 Å². The van der Waals surface area contributed by atoms with Gasteiger partial charge in [-0.25, -0.2) is 9.07 Å². The molecule has 5 rings (SSSR count). The molecular weight excluding hydrogens is 391 g/mol. The Labute approximate surface area is 181 Å². The second kappa shape index (κ2) is 6.67. The number of nitrogens with zero attached hydrogens (tertiary/aromatic N) is 3. The van der Waals surface area contributed by atoms with Crippen LogP contribution in [-0.2, 0) is 4.79 Å². The minimum absolute atomic E-state index is 0.0885. The molecule has 5 nitrogen and oxygen atoms in total. The van der Waals surface area contributed by atoms with Gasteiger partial charge < -0.3 is 9.88 Å². The summed E-state index contributed by atoms with van der Waals surface area (Å²) in [5, 5.41) is 8.21. The lowest BCUT2D eigenvalue weighted by Gasteiger charge is -2.38. The quantitative estimate of drug-likeness (QED) is 0.607. The number of hydrogen-bond acceptors (Lipinski definition) is 3. The number of aromatic nitrogens is 3. The molecule has 1 unspecified atom stereocenters. The first-order valence-corrected chi connectivity index (χ1v) is 10.7. The van der Waals surface area contributed by atoms with Crippen molar-refractivity contribution in [1.82, 2.24) is 14.3 Å². The number of carbonyl (C=O) groups is 1. The molecule has 1 atom stereocenters. The summed E-state index contributed by atoms with van der Waals surface area (Å²) < 4.78 is 18.5. The average molecular weight is 419 g/mol. The van der Waals surface area contributed by atoms with Crippen molar-refractivity contribution in [3.05, 3.63) is 76.1 Å². The molecule has 1 aliphatic carbocycles. The standard InChI is InChI=1S/C25H27FN4O/c1-14-10-22-27-19-12-25(4,5)13-21(31)23(19)24(30(22)28-14)17-11-15(2)29(16(17)3)20-9-7-6-8-18(20)26/h6-11,24,27H,12-13H2,1-5H3. The van der Waals surface area contributed by atoms with Gasteiger partial charge in [0.1, 0.15) is 17.7 Å². The zero-order valence-electron chi connectivity index (χ0n) is 18.6. The predicted octanol–water partition coefficient (Wildman–Crippen LogP) is 5.40. The smallest absolute Gasteiger partial charge is 0.163 e. The molecule has 0 bridgehead atoms. The number of hydrogen-bond donors (Lipinski definition) is 1. The van der Waals surface area contributed by atoms with Crippen molar-refractivity contribution in [2.45, 2.75) is 53.5 Å². The first-order chi connectivity index (χ1) is 14.7. The van der Waals surface area contributed by atoms with Crippen LogP contribution in [0.2, 0.25) is 0 Å². The summed E-state index contributed by atoms with van der Waals surface area (Å²) in [6, 6.07) is 10.5. The highest BCUT2D eigenvalue weighted by Crippen LogP contribution is 2.47. The van der Waals surface area contributed by atoms with Crippen LogP contribution in [-0.4, -0.2) is 20.1 Å². The fourth-order valence-corrected chi connectivity index (χ4v) is 5.20.